The number of rotatable bonds is 5. The number of benzene rings is 1. The van der Waals surface area contributed by atoms with Gasteiger partial charge < -0.3 is 5.11 Å². The Balaban J connectivity index is 2.20. The maximum absolute atomic E-state index is 13.1. The topological polar surface area (TPSA) is 96.3 Å². The molecule has 0 aliphatic heterocycles. The second-order valence-electron chi connectivity index (χ2n) is 5.07. The first-order chi connectivity index (χ1) is 12.2. The molecule has 2 rings (SSSR count). The normalized spacial score (nSPS) is 11.2. The van der Waals surface area contributed by atoms with Crippen molar-refractivity contribution in [2.75, 3.05) is 12.0 Å². The van der Waals surface area contributed by atoms with Crippen molar-refractivity contribution in [1.82, 2.24) is 20.6 Å². The molecular formula is C15H15F3N4O3S. The summed E-state index contributed by atoms with van der Waals surface area (Å²) in [6.45, 7) is 0. The number of hydrogen-bond donors (Lipinski definition) is 3. The summed E-state index contributed by atoms with van der Waals surface area (Å²) in [6.07, 6.45) is -1.77. The van der Waals surface area contributed by atoms with Crippen LogP contribution in [0.1, 0.15) is 22.5 Å². The lowest BCUT2D eigenvalue weighted by molar-refractivity contribution is -0.137. The van der Waals surface area contributed by atoms with Crippen molar-refractivity contribution >= 4 is 23.6 Å². The zero-order chi connectivity index (χ0) is 19.3. The highest BCUT2D eigenvalue weighted by Crippen LogP contribution is 2.34. The number of aromatic hydroxyl groups is 1. The molecule has 0 bridgehead atoms. The van der Waals surface area contributed by atoms with Crippen molar-refractivity contribution < 1.29 is 27.9 Å². The highest BCUT2D eigenvalue weighted by molar-refractivity contribution is 7.98. The molecule has 0 aliphatic rings. The molecule has 2 amide bonds. The number of amides is 2. The quantitative estimate of drug-likeness (QED) is 0.682. The molecule has 0 fully saturated rings. The summed E-state index contributed by atoms with van der Waals surface area (Å²) in [7, 11) is 0. The molecule has 0 radical (unpaired) electrons. The van der Waals surface area contributed by atoms with E-state index in [1.807, 2.05) is 6.26 Å². The van der Waals surface area contributed by atoms with E-state index in [0.29, 0.717) is 5.75 Å². The van der Waals surface area contributed by atoms with E-state index in [1.54, 1.807) is 0 Å². The number of carbonyl (C=O) groups is 2. The van der Waals surface area contributed by atoms with E-state index in [1.165, 1.54) is 23.9 Å². The summed E-state index contributed by atoms with van der Waals surface area (Å²) in [6, 6.07) is 4.60. The van der Waals surface area contributed by atoms with Crippen LogP contribution in [0.2, 0.25) is 0 Å². The summed E-state index contributed by atoms with van der Waals surface area (Å²) >= 11 is 1.45. The summed E-state index contributed by atoms with van der Waals surface area (Å²) in [5.41, 5.74) is 2.35. The SMILES string of the molecule is CSCCC(=O)NNC(=O)c1nn(-c2ccccc2C(F)(F)F)cc1O. The fraction of sp³-hybridized carbons (Fsp3) is 0.267. The summed E-state index contributed by atoms with van der Waals surface area (Å²) in [4.78, 5) is 23.4. The summed E-state index contributed by atoms with van der Waals surface area (Å²) < 4.78 is 40.0. The number of thioether (sulfide) groups is 1. The number of halogens is 3. The van der Waals surface area contributed by atoms with Crippen molar-refractivity contribution in [2.24, 2.45) is 0 Å². The molecule has 0 atom stereocenters. The number of nitrogens with zero attached hydrogens (tertiary/aromatic N) is 2. The number of alkyl halides is 3. The molecule has 1 aromatic heterocycles. The molecule has 0 spiro atoms. The highest BCUT2D eigenvalue weighted by Gasteiger charge is 2.34. The Hall–Kier alpha value is -2.69. The molecule has 0 aliphatic carbocycles. The second kappa shape index (κ2) is 8.13. The molecular weight excluding hydrogens is 373 g/mol. The lowest BCUT2D eigenvalue weighted by Gasteiger charge is -2.12. The average molecular weight is 388 g/mol. The van der Waals surface area contributed by atoms with Gasteiger partial charge in [-0.1, -0.05) is 12.1 Å². The van der Waals surface area contributed by atoms with E-state index in [4.69, 9.17) is 0 Å². The summed E-state index contributed by atoms with van der Waals surface area (Å²) in [5.74, 6) is -1.48. The monoisotopic (exact) mass is 388 g/mol. The van der Waals surface area contributed by atoms with E-state index in [9.17, 15) is 27.9 Å². The van der Waals surface area contributed by atoms with Crippen LogP contribution in [0, 0.1) is 0 Å². The largest absolute Gasteiger partial charge is 0.504 e. The third-order valence-corrected chi connectivity index (χ3v) is 3.83. The van der Waals surface area contributed by atoms with Crippen LogP contribution < -0.4 is 10.9 Å². The van der Waals surface area contributed by atoms with E-state index in [-0.39, 0.29) is 12.1 Å². The minimum Gasteiger partial charge on any atom is -0.504 e. The van der Waals surface area contributed by atoms with Crippen LogP contribution in [0.4, 0.5) is 13.2 Å². The maximum atomic E-state index is 13.1. The zero-order valence-electron chi connectivity index (χ0n) is 13.5. The third kappa shape index (κ3) is 4.69. The van der Waals surface area contributed by atoms with Crippen LogP contribution >= 0.6 is 11.8 Å². The average Bonchev–Trinajstić information content (AvgIpc) is 2.99. The number of hydrazine groups is 1. The van der Waals surface area contributed by atoms with Gasteiger partial charge in [-0.25, -0.2) is 4.68 Å². The van der Waals surface area contributed by atoms with Gasteiger partial charge in [0, 0.05) is 12.2 Å². The molecule has 0 saturated carbocycles. The van der Waals surface area contributed by atoms with Crippen molar-refractivity contribution in [3.63, 3.8) is 0 Å². The van der Waals surface area contributed by atoms with Crippen molar-refractivity contribution in [2.45, 2.75) is 12.6 Å². The van der Waals surface area contributed by atoms with Gasteiger partial charge in [-0.3, -0.25) is 20.4 Å². The van der Waals surface area contributed by atoms with Crippen molar-refractivity contribution in [3.05, 3.63) is 41.7 Å². The van der Waals surface area contributed by atoms with Crippen LogP contribution in [-0.4, -0.2) is 38.7 Å². The smallest absolute Gasteiger partial charge is 0.418 e. The molecule has 0 saturated heterocycles. The van der Waals surface area contributed by atoms with Gasteiger partial charge in [0.1, 0.15) is 0 Å². The Bertz CT molecular complexity index is 808. The third-order valence-electron chi connectivity index (χ3n) is 3.21. The molecule has 3 N–H and O–H groups in total. The molecule has 1 aromatic carbocycles. The summed E-state index contributed by atoms with van der Waals surface area (Å²) in [5, 5.41) is 13.5. The molecule has 7 nitrogen and oxygen atoms in total. The minimum absolute atomic E-state index is 0.167. The van der Waals surface area contributed by atoms with E-state index in [0.717, 1.165) is 23.0 Å². The van der Waals surface area contributed by atoms with Gasteiger partial charge in [0.2, 0.25) is 5.91 Å². The first-order valence-corrected chi connectivity index (χ1v) is 8.66. The Morgan fingerprint density at radius 3 is 2.62 bits per heavy atom. The minimum atomic E-state index is -4.63. The van der Waals surface area contributed by atoms with Crippen molar-refractivity contribution in [3.8, 4) is 11.4 Å². The Morgan fingerprint density at radius 1 is 1.27 bits per heavy atom. The van der Waals surface area contributed by atoms with Crippen LogP contribution in [0.15, 0.2) is 30.5 Å². The van der Waals surface area contributed by atoms with Gasteiger partial charge in [-0.05, 0) is 18.4 Å². The second-order valence-corrected chi connectivity index (χ2v) is 6.05. The van der Waals surface area contributed by atoms with Gasteiger partial charge in [0.05, 0.1) is 17.4 Å². The van der Waals surface area contributed by atoms with E-state index >= 15 is 0 Å². The lowest BCUT2D eigenvalue weighted by atomic mass is 10.2. The fourth-order valence-corrected chi connectivity index (χ4v) is 2.40. The fourth-order valence-electron chi connectivity index (χ4n) is 2.01. The highest BCUT2D eigenvalue weighted by atomic mass is 32.2. The number of nitrogens with one attached hydrogen (secondary N) is 2. The Kier molecular flexibility index (Phi) is 6.14. The first kappa shape index (κ1) is 19.6. The number of carbonyl (C=O) groups excluding carboxylic acids is 2. The maximum Gasteiger partial charge on any atom is 0.418 e. The molecule has 2 aromatic rings. The van der Waals surface area contributed by atoms with Crippen LogP contribution in [0.3, 0.4) is 0 Å². The van der Waals surface area contributed by atoms with Crippen LogP contribution in [-0.2, 0) is 11.0 Å². The molecule has 11 heteroatoms. The van der Waals surface area contributed by atoms with E-state index in [2.05, 4.69) is 16.0 Å². The Labute approximate surface area is 150 Å². The molecule has 26 heavy (non-hydrogen) atoms. The standard InChI is InChI=1S/C15H15F3N4O3S/c1-26-7-6-12(24)19-20-14(25)13-11(23)8-22(21-13)10-5-3-2-4-9(10)15(16,17)18/h2-5,8,23H,6-7H2,1H3,(H,19,24)(H,20,25). The number of hydrogen-bond acceptors (Lipinski definition) is 5. The molecule has 0 unspecified atom stereocenters. The number of aromatic nitrogens is 2. The zero-order valence-corrected chi connectivity index (χ0v) is 14.3. The van der Waals surface area contributed by atoms with Crippen LogP contribution in [0.5, 0.6) is 5.75 Å². The van der Waals surface area contributed by atoms with Gasteiger partial charge in [-0.2, -0.15) is 30.0 Å². The van der Waals surface area contributed by atoms with Crippen molar-refractivity contribution in [1.29, 1.82) is 0 Å². The van der Waals surface area contributed by atoms with Gasteiger partial charge in [-0.15, -0.1) is 0 Å². The first-order valence-electron chi connectivity index (χ1n) is 7.27. The predicted molar refractivity (Wildman–Crippen MR) is 88.8 cm³/mol. The van der Waals surface area contributed by atoms with E-state index < -0.39 is 35.0 Å². The number of para-hydroxylation sites is 1. The van der Waals surface area contributed by atoms with Gasteiger partial charge in [0.25, 0.3) is 5.91 Å². The van der Waals surface area contributed by atoms with Gasteiger partial charge >= 0.3 is 6.18 Å². The molecule has 140 valence electrons. The lowest BCUT2D eigenvalue weighted by Crippen LogP contribution is -2.42. The van der Waals surface area contributed by atoms with Crippen LogP contribution in [0.25, 0.3) is 5.69 Å². The molecule has 1 heterocycles. The Morgan fingerprint density at radius 2 is 1.96 bits per heavy atom. The predicted octanol–water partition coefficient (Wildman–Crippen LogP) is 2.11. The van der Waals surface area contributed by atoms with Gasteiger partial charge in [0.15, 0.2) is 11.4 Å².